The summed E-state index contributed by atoms with van der Waals surface area (Å²) in [7, 11) is 0. The Morgan fingerprint density at radius 3 is 1.43 bits per heavy atom. The molecule has 0 spiro atoms. The average Bonchev–Trinajstić information content (AvgIpc) is 3.44. The van der Waals surface area contributed by atoms with Crippen molar-refractivity contribution in [1.29, 1.82) is 0 Å². The van der Waals surface area contributed by atoms with E-state index in [0.717, 1.165) is 9.75 Å². The lowest BCUT2D eigenvalue weighted by atomic mass is 9.88. The van der Waals surface area contributed by atoms with Crippen LogP contribution in [0.1, 0.15) is 21.8 Å². The van der Waals surface area contributed by atoms with Crippen molar-refractivity contribution in [2.45, 2.75) is 24.2 Å². The molecule has 0 saturated carbocycles. The van der Waals surface area contributed by atoms with Crippen molar-refractivity contribution < 1.29 is 19.2 Å². The third-order valence-corrected chi connectivity index (χ3v) is 7.96. The first-order chi connectivity index (χ1) is 13.6. The molecule has 28 heavy (non-hydrogen) atoms. The highest BCUT2D eigenvalue weighted by Crippen LogP contribution is 2.58. The Morgan fingerprint density at radius 2 is 1.07 bits per heavy atom. The monoisotopic (exact) mass is 414 g/mol. The standard InChI is InChI=1S/C18H14N4O4S2/c23-15-9-11(7-3-1-5-27-7)21-14-10(16(24)20-18(14)26)12(8-4-2-6-28-8)22(21)13(9)17(25)19-15/h1-6,9-14H,(H,19,23,25)(H,20,24,26). The lowest BCUT2D eigenvalue weighted by Crippen LogP contribution is -2.48. The zero-order chi connectivity index (χ0) is 19.2. The Labute approximate surface area is 167 Å². The Kier molecular flexibility index (Phi) is 3.29. The predicted molar refractivity (Wildman–Crippen MR) is 98.7 cm³/mol. The number of rotatable bonds is 2. The molecule has 4 fully saturated rings. The van der Waals surface area contributed by atoms with Crippen molar-refractivity contribution in [1.82, 2.24) is 20.7 Å². The van der Waals surface area contributed by atoms with Crippen LogP contribution in [0.15, 0.2) is 35.0 Å². The van der Waals surface area contributed by atoms with E-state index >= 15 is 0 Å². The van der Waals surface area contributed by atoms with Gasteiger partial charge in [0, 0.05) is 9.75 Å². The van der Waals surface area contributed by atoms with Crippen molar-refractivity contribution in [3.8, 4) is 0 Å². The number of nitrogens with zero attached hydrogens (tertiary/aromatic N) is 2. The zero-order valence-electron chi connectivity index (χ0n) is 14.3. The summed E-state index contributed by atoms with van der Waals surface area (Å²) >= 11 is 2.97. The largest absolute Gasteiger partial charge is 0.295 e. The van der Waals surface area contributed by atoms with E-state index in [-0.39, 0.29) is 23.6 Å². The fourth-order valence-corrected chi connectivity index (χ4v) is 6.89. The second-order valence-corrected chi connectivity index (χ2v) is 9.29. The maximum Gasteiger partial charge on any atom is 0.246 e. The number of thiophene rings is 2. The molecule has 6 rings (SSSR count). The minimum absolute atomic E-state index is 0.325. The number of carbonyl (C=O) groups excluding carboxylic acids is 4. The van der Waals surface area contributed by atoms with E-state index in [1.54, 1.807) is 0 Å². The fraction of sp³-hybridized carbons (Fsp3) is 0.333. The number of fused-ring (bicyclic) bond motifs is 5. The van der Waals surface area contributed by atoms with Crippen molar-refractivity contribution in [3.05, 3.63) is 44.8 Å². The molecule has 0 radical (unpaired) electrons. The second-order valence-electron chi connectivity index (χ2n) is 7.33. The van der Waals surface area contributed by atoms with Crippen LogP contribution >= 0.6 is 22.7 Å². The highest BCUT2D eigenvalue weighted by molar-refractivity contribution is 7.10. The highest BCUT2D eigenvalue weighted by atomic mass is 32.1. The summed E-state index contributed by atoms with van der Waals surface area (Å²) in [5.41, 5.74) is 0. The van der Waals surface area contributed by atoms with Crippen molar-refractivity contribution >= 4 is 46.3 Å². The third kappa shape index (κ3) is 1.90. The summed E-state index contributed by atoms with van der Waals surface area (Å²) in [6.07, 6.45) is 0. The van der Waals surface area contributed by atoms with E-state index in [9.17, 15) is 19.2 Å². The summed E-state index contributed by atoms with van der Waals surface area (Å²) in [6.45, 7) is 0. The molecule has 0 bridgehead atoms. The Balaban J connectivity index is 1.58. The normalized spacial score (nSPS) is 37.1. The van der Waals surface area contributed by atoms with E-state index in [1.807, 2.05) is 45.0 Å². The lowest BCUT2D eigenvalue weighted by molar-refractivity contribution is -0.139. The molecule has 6 atom stereocenters. The summed E-state index contributed by atoms with van der Waals surface area (Å²) in [5.74, 6) is -2.61. The first-order valence-corrected chi connectivity index (χ1v) is 10.7. The molecule has 0 aliphatic carbocycles. The smallest absolute Gasteiger partial charge is 0.246 e. The van der Waals surface area contributed by atoms with E-state index in [2.05, 4.69) is 10.6 Å². The van der Waals surface area contributed by atoms with Gasteiger partial charge in [0.1, 0.15) is 12.1 Å². The molecule has 4 aliphatic heterocycles. The molecule has 2 aromatic rings. The van der Waals surface area contributed by atoms with Crippen LogP contribution < -0.4 is 10.6 Å². The Bertz CT molecular complexity index is 938. The summed E-state index contributed by atoms with van der Waals surface area (Å²) in [4.78, 5) is 52.7. The third-order valence-electron chi connectivity index (χ3n) is 6.07. The minimum atomic E-state index is -0.724. The fourth-order valence-electron chi connectivity index (χ4n) is 5.16. The topological polar surface area (TPSA) is 98.8 Å². The first kappa shape index (κ1) is 16.5. The number of carbonyl (C=O) groups is 4. The van der Waals surface area contributed by atoms with Crippen LogP contribution in [-0.4, -0.2) is 45.7 Å². The van der Waals surface area contributed by atoms with Crippen LogP contribution in [0.2, 0.25) is 0 Å². The van der Waals surface area contributed by atoms with Gasteiger partial charge in [-0.1, -0.05) is 12.1 Å². The van der Waals surface area contributed by atoms with Gasteiger partial charge in [-0.25, -0.2) is 10.0 Å². The van der Waals surface area contributed by atoms with Crippen LogP contribution in [0.25, 0.3) is 0 Å². The molecule has 2 aromatic heterocycles. The molecule has 0 aromatic carbocycles. The molecule has 10 heteroatoms. The molecule has 8 nitrogen and oxygen atoms in total. The van der Waals surface area contributed by atoms with E-state index in [4.69, 9.17) is 0 Å². The van der Waals surface area contributed by atoms with Gasteiger partial charge in [-0.05, 0) is 22.9 Å². The second kappa shape index (κ2) is 5.57. The van der Waals surface area contributed by atoms with Gasteiger partial charge in [0.25, 0.3) is 0 Å². The summed E-state index contributed by atoms with van der Waals surface area (Å²) in [5, 5.41) is 12.4. The van der Waals surface area contributed by atoms with Crippen molar-refractivity contribution in [2.24, 2.45) is 11.8 Å². The van der Waals surface area contributed by atoms with Crippen LogP contribution in [0.3, 0.4) is 0 Å². The van der Waals surface area contributed by atoms with E-state index in [0.29, 0.717) is 0 Å². The summed E-state index contributed by atoms with van der Waals surface area (Å²) in [6, 6.07) is 5.24. The molecular weight excluding hydrogens is 400 g/mol. The molecule has 4 amide bonds. The van der Waals surface area contributed by atoms with Gasteiger partial charge in [-0.15, -0.1) is 22.7 Å². The maximum absolute atomic E-state index is 12.7. The van der Waals surface area contributed by atoms with Gasteiger partial charge in [-0.3, -0.25) is 29.8 Å². The molecule has 4 saturated heterocycles. The molecular formula is C18H14N4O4S2. The number of amides is 4. The Morgan fingerprint density at radius 1 is 0.643 bits per heavy atom. The predicted octanol–water partition coefficient (Wildman–Crippen LogP) is 0.421. The first-order valence-electron chi connectivity index (χ1n) is 8.91. The highest BCUT2D eigenvalue weighted by Gasteiger charge is 2.71. The van der Waals surface area contributed by atoms with Gasteiger partial charge in [0.05, 0.1) is 23.9 Å². The van der Waals surface area contributed by atoms with Gasteiger partial charge < -0.3 is 0 Å². The van der Waals surface area contributed by atoms with Gasteiger partial charge in [0.15, 0.2) is 0 Å². The van der Waals surface area contributed by atoms with E-state index < -0.39 is 36.0 Å². The number of imide groups is 2. The quantitative estimate of drug-likeness (QED) is 0.692. The number of hydrogen-bond donors (Lipinski definition) is 2. The van der Waals surface area contributed by atoms with Gasteiger partial charge in [-0.2, -0.15) is 0 Å². The SMILES string of the molecule is O=C1NC(=O)C2C1C(c1cccs1)N1C3C(=O)NC(=O)C3C(c3cccs3)N21. The molecule has 6 heterocycles. The van der Waals surface area contributed by atoms with E-state index in [1.165, 1.54) is 22.7 Å². The number of hydrogen-bond acceptors (Lipinski definition) is 8. The summed E-state index contributed by atoms with van der Waals surface area (Å²) < 4.78 is 0. The maximum atomic E-state index is 12.7. The van der Waals surface area contributed by atoms with Gasteiger partial charge >= 0.3 is 0 Å². The van der Waals surface area contributed by atoms with Crippen molar-refractivity contribution in [2.75, 3.05) is 0 Å². The molecule has 2 N–H and O–H groups in total. The molecule has 6 unspecified atom stereocenters. The van der Waals surface area contributed by atoms with Gasteiger partial charge in [0.2, 0.25) is 23.6 Å². The van der Waals surface area contributed by atoms with Crippen LogP contribution in [0.4, 0.5) is 0 Å². The van der Waals surface area contributed by atoms with Crippen LogP contribution in [-0.2, 0) is 19.2 Å². The average molecular weight is 414 g/mol. The number of nitrogens with one attached hydrogen (secondary N) is 2. The molecule has 4 aliphatic rings. The minimum Gasteiger partial charge on any atom is -0.295 e. The number of hydrazine groups is 1. The Hall–Kier alpha value is -2.40. The zero-order valence-corrected chi connectivity index (χ0v) is 15.9. The van der Waals surface area contributed by atoms with Crippen LogP contribution in [0.5, 0.6) is 0 Å². The molecule has 142 valence electrons. The van der Waals surface area contributed by atoms with Crippen LogP contribution in [0, 0.1) is 11.8 Å². The van der Waals surface area contributed by atoms with Crippen molar-refractivity contribution in [3.63, 3.8) is 0 Å². The lowest BCUT2D eigenvalue weighted by Gasteiger charge is -2.32.